The molecule has 0 radical (unpaired) electrons. The smallest absolute Gasteiger partial charge is 0.135 e. The average molecular weight is 507 g/mol. The number of hydrogen-bond donors (Lipinski definition) is 0. The monoisotopic (exact) mass is 506 g/mol. The van der Waals surface area contributed by atoms with Crippen LogP contribution in [0.25, 0.3) is 43.4 Å². The molecular weight excluding hydrogens is 468 g/mol. The van der Waals surface area contributed by atoms with Gasteiger partial charge < -0.3 is 14.2 Å². The molecule has 0 heterocycles. The second-order valence-electron chi connectivity index (χ2n) is 9.75. The summed E-state index contributed by atoms with van der Waals surface area (Å²) in [7, 11) is 0. The van der Waals surface area contributed by atoms with E-state index in [0.717, 1.165) is 70.0 Å². The van der Waals surface area contributed by atoms with Crippen molar-refractivity contribution in [3.05, 3.63) is 78.4 Å². The van der Waals surface area contributed by atoms with Crippen LogP contribution in [0.2, 0.25) is 0 Å². The van der Waals surface area contributed by atoms with E-state index in [1.54, 1.807) is 0 Å². The molecule has 0 N–H and O–H groups in total. The van der Waals surface area contributed by atoms with Gasteiger partial charge in [0.25, 0.3) is 0 Å². The van der Waals surface area contributed by atoms with E-state index in [0.29, 0.717) is 19.8 Å². The number of rotatable bonds is 11. The largest absolute Gasteiger partial charge is 0.493 e. The maximum Gasteiger partial charge on any atom is 0.135 e. The molecule has 0 saturated carbocycles. The van der Waals surface area contributed by atoms with Gasteiger partial charge in [-0.25, -0.2) is 0 Å². The van der Waals surface area contributed by atoms with E-state index in [2.05, 4.69) is 100 Å². The topological polar surface area (TPSA) is 27.7 Å². The van der Waals surface area contributed by atoms with E-state index in [4.69, 9.17) is 14.2 Å². The molecule has 0 amide bonds. The third-order valence-corrected chi connectivity index (χ3v) is 7.06. The normalized spacial score (nSPS) is 11.4. The van der Waals surface area contributed by atoms with Crippen molar-refractivity contribution in [2.24, 2.45) is 0 Å². The Balaban J connectivity index is 1.99. The minimum Gasteiger partial charge on any atom is -0.493 e. The summed E-state index contributed by atoms with van der Waals surface area (Å²) in [4.78, 5) is 0. The van der Waals surface area contributed by atoms with Crippen LogP contribution in [0.4, 0.5) is 0 Å². The molecule has 5 aromatic rings. The molecular formula is C35H38O3. The van der Waals surface area contributed by atoms with Gasteiger partial charge >= 0.3 is 0 Å². The molecule has 38 heavy (non-hydrogen) atoms. The van der Waals surface area contributed by atoms with E-state index < -0.39 is 0 Å². The maximum absolute atomic E-state index is 6.66. The van der Waals surface area contributed by atoms with Gasteiger partial charge in [0.15, 0.2) is 0 Å². The Morgan fingerprint density at radius 3 is 1.24 bits per heavy atom. The predicted molar refractivity (Wildman–Crippen MR) is 161 cm³/mol. The molecule has 0 aliphatic carbocycles. The third kappa shape index (κ3) is 4.55. The fourth-order valence-electron chi connectivity index (χ4n) is 5.47. The van der Waals surface area contributed by atoms with Gasteiger partial charge in [-0.1, -0.05) is 100 Å². The zero-order valence-corrected chi connectivity index (χ0v) is 23.1. The van der Waals surface area contributed by atoms with E-state index in [-0.39, 0.29) is 0 Å². The molecule has 3 nitrogen and oxygen atoms in total. The van der Waals surface area contributed by atoms with Crippen molar-refractivity contribution in [2.75, 3.05) is 19.8 Å². The van der Waals surface area contributed by atoms with Gasteiger partial charge in [-0.15, -0.1) is 0 Å². The first-order valence-corrected chi connectivity index (χ1v) is 14.1. The number of fused-ring (bicyclic) bond motifs is 3. The van der Waals surface area contributed by atoms with E-state index >= 15 is 0 Å². The van der Waals surface area contributed by atoms with Crippen LogP contribution in [-0.4, -0.2) is 19.8 Å². The highest BCUT2D eigenvalue weighted by Crippen LogP contribution is 2.52. The zero-order chi connectivity index (χ0) is 26.5. The van der Waals surface area contributed by atoms with Gasteiger partial charge in [-0.3, -0.25) is 0 Å². The minimum absolute atomic E-state index is 0.656. The number of hydrogen-bond acceptors (Lipinski definition) is 3. The molecule has 0 saturated heterocycles. The molecule has 0 aromatic heterocycles. The number of ether oxygens (including phenoxy) is 3. The Morgan fingerprint density at radius 2 is 0.789 bits per heavy atom. The summed E-state index contributed by atoms with van der Waals surface area (Å²) in [5, 5.41) is 6.81. The van der Waals surface area contributed by atoms with Crippen LogP contribution in [-0.2, 0) is 6.42 Å². The van der Waals surface area contributed by atoms with Crippen LogP contribution in [0.3, 0.4) is 0 Å². The van der Waals surface area contributed by atoms with Crippen LogP contribution < -0.4 is 14.2 Å². The lowest BCUT2D eigenvalue weighted by atomic mass is 9.85. The molecule has 0 aliphatic heterocycles. The minimum atomic E-state index is 0.656. The zero-order valence-electron chi connectivity index (χ0n) is 23.1. The third-order valence-electron chi connectivity index (χ3n) is 7.06. The molecule has 0 spiro atoms. The SMILES string of the molecule is CCCOc1c(CC)c(-c2c3ccccc3c(OCCC)c3ccccc23)c(OCCC)c2ccccc12. The first-order valence-electron chi connectivity index (χ1n) is 14.1. The summed E-state index contributed by atoms with van der Waals surface area (Å²) in [6, 6.07) is 25.8. The first-order chi connectivity index (χ1) is 18.7. The van der Waals surface area contributed by atoms with Crippen LogP contribution in [0.5, 0.6) is 17.2 Å². The molecule has 5 aromatic carbocycles. The molecule has 5 rings (SSSR count). The van der Waals surface area contributed by atoms with Crippen molar-refractivity contribution in [1.82, 2.24) is 0 Å². The highest BCUT2D eigenvalue weighted by Gasteiger charge is 2.26. The lowest BCUT2D eigenvalue weighted by Gasteiger charge is -2.25. The molecule has 0 bridgehead atoms. The molecule has 0 fully saturated rings. The Hall–Kier alpha value is -3.72. The maximum atomic E-state index is 6.66. The first kappa shape index (κ1) is 25.9. The average Bonchev–Trinajstić information content (AvgIpc) is 2.97. The molecule has 0 atom stereocenters. The fourth-order valence-corrected chi connectivity index (χ4v) is 5.47. The van der Waals surface area contributed by atoms with Crippen molar-refractivity contribution >= 4 is 32.3 Å². The summed E-state index contributed by atoms with van der Waals surface area (Å²) in [5.74, 6) is 2.88. The Kier molecular flexibility index (Phi) is 8.03. The molecule has 0 aliphatic rings. The van der Waals surface area contributed by atoms with Crippen LogP contribution in [0, 0.1) is 0 Å². The summed E-state index contributed by atoms with van der Waals surface area (Å²) >= 11 is 0. The van der Waals surface area contributed by atoms with Crippen molar-refractivity contribution in [2.45, 2.75) is 53.4 Å². The molecule has 0 unspecified atom stereocenters. The standard InChI is InChI=1S/C35H38O3/c1-5-21-36-33-24(8-4)32(35(38-23-7-3)30-20-14-13-19-29(30)33)31-25-15-9-11-17-27(25)34(37-22-6-2)28-18-12-10-16-26(28)31/h9-20H,5-8,21-23H2,1-4H3. The number of benzene rings is 5. The van der Waals surface area contributed by atoms with Gasteiger partial charge in [0.1, 0.15) is 17.2 Å². The van der Waals surface area contributed by atoms with Gasteiger partial charge in [0, 0.05) is 38.2 Å². The quantitative estimate of drug-likeness (QED) is 0.167. The van der Waals surface area contributed by atoms with Crippen LogP contribution in [0.1, 0.15) is 52.5 Å². The lowest BCUT2D eigenvalue weighted by Crippen LogP contribution is -2.06. The highest BCUT2D eigenvalue weighted by molar-refractivity contribution is 6.19. The second-order valence-corrected chi connectivity index (χ2v) is 9.75. The molecule has 196 valence electrons. The lowest BCUT2D eigenvalue weighted by molar-refractivity contribution is 0.312. The summed E-state index contributed by atoms with van der Waals surface area (Å²) in [5.41, 5.74) is 3.52. The Morgan fingerprint density at radius 1 is 0.421 bits per heavy atom. The second kappa shape index (κ2) is 11.8. The Bertz CT molecular complexity index is 1510. The predicted octanol–water partition coefficient (Wildman–Crippen LogP) is 9.74. The van der Waals surface area contributed by atoms with E-state index in [9.17, 15) is 0 Å². The van der Waals surface area contributed by atoms with Gasteiger partial charge in [-0.05, 0) is 36.5 Å². The van der Waals surface area contributed by atoms with Crippen LogP contribution in [0.15, 0.2) is 72.8 Å². The van der Waals surface area contributed by atoms with Gasteiger partial charge in [0.2, 0.25) is 0 Å². The van der Waals surface area contributed by atoms with Gasteiger partial charge in [0.05, 0.1) is 19.8 Å². The Labute approximate surface area is 226 Å². The highest BCUT2D eigenvalue weighted by atomic mass is 16.5. The van der Waals surface area contributed by atoms with Crippen molar-refractivity contribution in [1.29, 1.82) is 0 Å². The summed E-state index contributed by atoms with van der Waals surface area (Å²) in [6.07, 6.45) is 3.69. The van der Waals surface area contributed by atoms with Gasteiger partial charge in [-0.2, -0.15) is 0 Å². The summed E-state index contributed by atoms with van der Waals surface area (Å²) < 4.78 is 19.6. The van der Waals surface area contributed by atoms with Crippen molar-refractivity contribution < 1.29 is 14.2 Å². The van der Waals surface area contributed by atoms with Crippen molar-refractivity contribution in [3.8, 4) is 28.4 Å². The summed E-state index contributed by atoms with van der Waals surface area (Å²) in [6.45, 7) is 10.7. The van der Waals surface area contributed by atoms with Crippen LogP contribution >= 0.6 is 0 Å². The molecule has 3 heteroatoms. The van der Waals surface area contributed by atoms with E-state index in [1.165, 1.54) is 21.9 Å². The van der Waals surface area contributed by atoms with Crippen molar-refractivity contribution in [3.63, 3.8) is 0 Å². The van der Waals surface area contributed by atoms with E-state index in [1.807, 2.05) is 0 Å². The fraction of sp³-hybridized carbons (Fsp3) is 0.314.